The van der Waals surface area contributed by atoms with Gasteiger partial charge in [-0.15, -0.1) is 0 Å². The number of amides is 1. The molecule has 3 rings (SSSR count). The SMILES string of the molecule is CCOc1ccc([C@H](Cc2ccccc2)NC(=O)c2ccncc2)cc1. The van der Waals surface area contributed by atoms with Crippen molar-refractivity contribution >= 4 is 5.91 Å². The van der Waals surface area contributed by atoms with Crippen LogP contribution in [0.5, 0.6) is 5.75 Å². The Labute approximate surface area is 153 Å². The topological polar surface area (TPSA) is 51.2 Å². The molecule has 0 saturated heterocycles. The maximum atomic E-state index is 12.6. The maximum Gasteiger partial charge on any atom is 0.251 e. The van der Waals surface area contributed by atoms with E-state index in [1.54, 1.807) is 24.5 Å². The average Bonchev–Trinajstić information content (AvgIpc) is 2.70. The fraction of sp³-hybridized carbons (Fsp3) is 0.182. The first-order valence-corrected chi connectivity index (χ1v) is 8.74. The normalized spacial score (nSPS) is 11.6. The van der Waals surface area contributed by atoms with Crippen LogP contribution >= 0.6 is 0 Å². The second-order valence-electron chi connectivity index (χ2n) is 5.95. The van der Waals surface area contributed by atoms with Crippen molar-refractivity contribution in [1.29, 1.82) is 0 Å². The first-order valence-electron chi connectivity index (χ1n) is 8.74. The molecule has 0 radical (unpaired) electrons. The lowest BCUT2D eigenvalue weighted by atomic mass is 9.98. The fourth-order valence-corrected chi connectivity index (χ4v) is 2.81. The Morgan fingerprint density at radius 2 is 1.69 bits per heavy atom. The molecule has 0 bridgehead atoms. The number of nitrogens with one attached hydrogen (secondary N) is 1. The largest absolute Gasteiger partial charge is 0.494 e. The van der Waals surface area contributed by atoms with Gasteiger partial charge in [0, 0.05) is 18.0 Å². The van der Waals surface area contributed by atoms with Gasteiger partial charge in [-0.2, -0.15) is 0 Å². The molecule has 1 aromatic heterocycles. The van der Waals surface area contributed by atoms with Crippen LogP contribution in [0.2, 0.25) is 0 Å². The van der Waals surface area contributed by atoms with Crippen molar-refractivity contribution < 1.29 is 9.53 Å². The first-order chi connectivity index (χ1) is 12.8. The highest BCUT2D eigenvalue weighted by Gasteiger charge is 2.16. The molecule has 0 saturated carbocycles. The third-order valence-electron chi connectivity index (χ3n) is 4.12. The highest BCUT2D eigenvalue weighted by Crippen LogP contribution is 2.22. The van der Waals surface area contributed by atoms with Gasteiger partial charge in [0.2, 0.25) is 0 Å². The number of aromatic nitrogens is 1. The average molecular weight is 346 g/mol. The van der Waals surface area contributed by atoms with E-state index in [0.29, 0.717) is 18.6 Å². The van der Waals surface area contributed by atoms with Crippen molar-refractivity contribution in [2.75, 3.05) is 6.61 Å². The standard InChI is InChI=1S/C22H22N2O2/c1-2-26-20-10-8-18(9-11-20)21(16-17-6-4-3-5-7-17)24-22(25)19-12-14-23-15-13-19/h3-15,21H,2,16H2,1H3,(H,24,25)/t21-/m0/s1. The smallest absolute Gasteiger partial charge is 0.251 e. The molecule has 26 heavy (non-hydrogen) atoms. The van der Waals surface area contributed by atoms with E-state index in [1.165, 1.54) is 5.56 Å². The molecule has 4 nitrogen and oxygen atoms in total. The molecule has 2 aromatic carbocycles. The van der Waals surface area contributed by atoms with Crippen LogP contribution in [-0.4, -0.2) is 17.5 Å². The summed E-state index contributed by atoms with van der Waals surface area (Å²) in [4.78, 5) is 16.6. The van der Waals surface area contributed by atoms with Gasteiger partial charge in [0.15, 0.2) is 0 Å². The summed E-state index contributed by atoms with van der Waals surface area (Å²) in [5.74, 6) is 0.720. The molecule has 0 unspecified atom stereocenters. The third kappa shape index (κ3) is 4.70. The Bertz CT molecular complexity index is 818. The highest BCUT2D eigenvalue weighted by molar-refractivity contribution is 5.94. The van der Waals surface area contributed by atoms with Gasteiger partial charge in [-0.3, -0.25) is 9.78 Å². The number of hydrogen-bond donors (Lipinski definition) is 1. The van der Waals surface area contributed by atoms with Crippen molar-refractivity contribution in [2.45, 2.75) is 19.4 Å². The second kappa shape index (κ2) is 8.81. The lowest BCUT2D eigenvalue weighted by Gasteiger charge is -2.20. The van der Waals surface area contributed by atoms with E-state index in [9.17, 15) is 4.79 Å². The van der Waals surface area contributed by atoms with Gasteiger partial charge < -0.3 is 10.1 Å². The molecule has 1 heterocycles. The van der Waals surface area contributed by atoms with Crippen molar-refractivity contribution in [3.8, 4) is 5.75 Å². The van der Waals surface area contributed by atoms with Gasteiger partial charge in [-0.05, 0) is 48.7 Å². The molecule has 0 aliphatic rings. The Kier molecular flexibility index (Phi) is 5.99. The summed E-state index contributed by atoms with van der Waals surface area (Å²) < 4.78 is 5.51. The molecule has 0 fully saturated rings. The number of hydrogen-bond acceptors (Lipinski definition) is 3. The number of benzene rings is 2. The molecule has 0 aliphatic heterocycles. The Balaban J connectivity index is 1.82. The van der Waals surface area contributed by atoms with E-state index < -0.39 is 0 Å². The lowest BCUT2D eigenvalue weighted by molar-refractivity contribution is 0.0936. The van der Waals surface area contributed by atoms with E-state index >= 15 is 0 Å². The molecule has 0 aliphatic carbocycles. The monoisotopic (exact) mass is 346 g/mol. The molecular formula is C22H22N2O2. The molecular weight excluding hydrogens is 324 g/mol. The number of carbonyl (C=O) groups excluding carboxylic acids is 1. The van der Waals surface area contributed by atoms with Gasteiger partial charge in [-0.1, -0.05) is 42.5 Å². The number of ether oxygens (including phenoxy) is 1. The van der Waals surface area contributed by atoms with E-state index in [4.69, 9.17) is 4.74 Å². The zero-order valence-electron chi connectivity index (χ0n) is 14.8. The molecule has 1 atom stereocenters. The minimum Gasteiger partial charge on any atom is -0.494 e. The third-order valence-corrected chi connectivity index (χ3v) is 4.12. The summed E-state index contributed by atoms with van der Waals surface area (Å²) in [6.07, 6.45) is 3.96. The minimum absolute atomic E-state index is 0.109. The van der Waals surface area contributed by atoms with Crippen LogP contribution in [0, 0.1) is 0 Å². The van der Waals surface area contributed by atoms with Crippen LogP contribution in [0.15, 0.2) is 79.1 Å². The summed E-state index contributed by atoms with van der Waals surface area (Å²) in [7, 11) is 0. The zero-order valence-corrected chi connectivity index (χ0v) is 14.8. The van der Waals surface area contributed by atoms with Crippen LogP contribution < -0.4 is 10.1 Å². The van der Waals surface area contributed by atoms with E-state index in [-0.39, 0.29) is 11.9 Å². The maximum absolute atomic E-state index is 12.6. The summed E-state index contributed by atoms with van der Waals surface area (Å²) in [5.41, 5.74) is 2.81. The molecule has 1 N–H and O–H groups in total. The minimum atomic E-state index is -0.131. The predicted molar refractivity (Wildman–Crippen MR) is 102 cm³/mol. The molecule has 1 amide bonds. The van der Waals surface area contributed by atoms with Crippen molar-refractivity contribution in [1.82, 2.24) is 10.3 Å². The Morgan fingerprint density at radius 3 is 2.35 bits per heavy atom. The summed E-state index contributed by atoms with van der Waals surface area (Å²) in [5, 5.41) is 3.14. The van der Waals surface area contributed by atoms with Gasteiger partial charge in [0.05, 0.1) is 12.6 Å². The van der Waals surface area contributed by atoms with E-state index in [1.807, 2.05) is 49.4 Å². The predicted octanol–water partition coefficient (Wildman–Crippen LogP) is 4.19. The van der Waals surface area contributed by atoms with Crippen LogP contribution in [-0.2, 0) is 6.42 Å². The molecule has 3 aromatic rings. The van der Waals surface area contributed by atoms with E-state index in [0.717, 1.165) is 11.3 Å². The first kappa shape index (κ1) is 17.7. The molecule has 0 spiro atoms. The zero-order chi connectivity index (χ0) is 18.2. The van der Waals surface area contributed by atoms with Gasteiger partial charge in [0.1, 0.15) is 5.75 Å². The van der Waals surface area contributed by atoms with Gasteiger partial charge in [-0.25, -0.2) is 0 Å². The Hall–Kier alpha value is -3.14. The van der Waals surface area contributed by atoms with Crippen LogP contribution in [0.4, 0.5) is 0 Å². The second-order valence-corrected chi connectivity index (χ2v) is 5.95. The summed E-state index contributed by atoms with van der Waals surface area (Å²) in [6, 6.07) is 21.3. The van der Waals surface area contributed by atoms with Crippen molar-refractivity contribution in [3.63, 3.8) is 0 Å². The number of pyridine rings is 1. The Morgan fingerprint density at radius 1 is 1.00 bits per heavy atom. The van der Waals surface area contributed by atoms with Crippen LogP contribution in [0.1, 0.15) is 34.5 Å². The van der Waals surface area contributed by atoms with E-state index in [2.05, 4.69) is 22.4 Å². The van der Waals surface area contributed by atoms with Gasteiger partial charge in [0.25, 0.3) is 5.91 Å². The molecule has 132 valence electrons. The quantitative estimate of drug-likeness (QED) is 0.698. The number of carbonyl (C=O) groups is 1. The van der Waals surface area contributed by atoms with Crippen molar-refractivity contribution in [3.05, 3.63) is 95.8 Å². The fourth-order valence-electron chi connectivity index (χ4n) is 2.81. The lowest BCUT2D eigenvalue weighted by Crippen LogP contribution is -2.30. The van der Waals surface area contributed by atoms with Crippen molar-refractivity contribution in [2.24, 2.45) is 0 Å². The molecule has 4 heteroatoms. The van der Waals surface area contributed by atoms with Crippen LogP contribution in [0.3, 0.4) is 0 Å². The highest BCUT2D eigenvalue weighted by atomic mass is 16.5. The summed E-state index contributed by atoms with van der Waals surface area (Å²) >= 11 is 0. The number of nitrogens with zero attached hydrogens (tertiary/aromatic N) is 1. The number of rotatable bonds is 7. The van der Waals surface area contributed by atoms with Gasteiger partial charge >= 0.3 is 0 Å². The van der Waals surface area contributed by atoms with Crippen LogP contribution in [0.25, 0.3) is 0 Å². The summed E-state index contributed by atoms with van der Waals surface area (Å²) in [6.45, 7) is 2.59.